The summed E-state index contributed by atoms with van der Waals surface area (Å²) in [7, 11) is 0. The van der Waals surface area contributed by atoms with Crippen molar-refractivity contribution in [2.75, 3.05) is 11.9 Å². The first-order valence-electron chi connectivity index (χ1n) is 10.4. The molecular formula is C24H30N2O5. The Kier molecular flexibility index (Phi) is 9.06. The normalized spacial score (nSPS) is 12.5. The van der Waals surface area contributed by atoms with Crippen molar-refractivity contribution < 1.29 is 23.9 Å². The lowest BCUT2D eigenvalue weighted by molar-refractivity contribution is -0.157. The van der Waals surface area contributed by atoms with Crippen LogP contribution < -0.4 is 15.4 Å². The molecule has 0 aromatic heterocycles. The zero-order chi connectivity index (χ0) is 22.8. The maximum Gasteiger partial charge on any atom is 0.329 e. The fraction of sp³-hybridized carbons (Fsp3) is 0.375. The first-order valence-corrected chi connectivity index (χ1v) is 10.4. The van der Waals surface area contributed by atoms with Gasteiger partial charge in [-0.15, -0.1) is 0 Å². The van der Waals surface area contributed by atoms with Crippen LogP contribution in [0.4, 0.5) is 5.69 Å². The summed E-state index contributed by atoms with van der Waals surface area (Å²) in [6.45, 7) is 7.54. The van der Waals surface area contributed by atoms with Gasteiger partial charge in [0.25, 0.3) is 5.91 Å². The Morgan fingerprint density at radius 2 is 1.58 bits per heavy atom. The van der Waals surface area contributed by atoms with E-state index >= 15 is 0 Å². The van der Waals surface area contributed by atoms with Crippen molar-refractivity contribution >= 4 is 23.5 Å². The quantitative estimate of drug-likeness (QED) is 0.569. The van der Waals surface area contributed by atoms with Crippen LogP contribution in [0.15, 0.2) is 54.6 Å². The number of anilines is 1. The van der Waals surface area contributed by atoms with E-state index in [2.05, 4.69) is 10.6 Å². The molecule has 0 saturated carbocycles. The molecule has 2 aromatic rings. The van der Waals surface area contributed by atoms with Crippen molar-refractivity contribution in [3.63, 3.8) is 0 Å². The summed E-state index contributed by atoms with van der Waals surface area (Å²) in [5.41, 5.74) is 1.41. The van der Waals surface area contributed by atoms with Crippen molar-refractivity contribution in [3.05, 3.63) is 60.2 Å². The number of ether oxygens (including phenoxy) is 2. The minimum Gasteiger partial charge on any atom is -0.494 e. The molecule has 0 saturated heterocycles. The van der Waals surface area contributed by atoms with Gasteiger partial charge in [-0.3, -0.25) is 9.59 Å². The van der Waals surface area contributed by atoms with E-state index in [4.69, 9.17) is 9.47 Å². The Morgan fingerprint density at radius 3 is 2.16 bits per heavy atom. The van der Waals surface area contributed by atoms with Gasteiger partial charge >= 0.3 is 5.97 Å². The van der Waals surface area contributed by atoms with Gasteiger partial charge in [-0.2, -0.15) is 0 Å². The van der Waals surface area contributed by atoms with Gasteiger partial charge in [0, 0.05) is 5.69 Å². The molecule has 0 heterocycles. The second-order valence-corrected chi connectivity index (χ2v) is 7.48. The number of carbonyl (C=O) groups excluding carboxylic acids is 3. The fourth-order valence-corrected chi connectivity index (χ4v) is 2.85. The van der Waals surface area contributed by atoms with Crippen molar-refractivity contribution in [2.24, 2.45) is 5.92 Å². The highest BCUT2D eigenvalue weighted by molar-refractivity contribution is 5.95. The van der Waals surface area contributed by atoms with E-state index in [-0.39, 0.29) is 18.2 Å². The van der Waals surface area contributed by atoms with Crippen LogP contribution in [0.1, 0.15) is 33.3 Å². The van der Waals surface area contributed by atoms with Crippen LogP contribution in [0.5, 0.6) is 5.75 Å². The molecule has 2 N–H and O–H groups in total. The first kappa shape index (κ1) is 23.9. The molecule has 2 amide bonds. The molecule has 2 rings (SSSR count). The molecule has 0 aliphatic carbocycles. The molecule has 0 fully saturated rings. The van der Waals surface area contributed by atoms with E-state index in [1.165, 1.54) is 6.92 Å². The highest BCUT2D eigenvalue weighted by atomic mass is 16.5. The topological polar surface area (TPSA) is 93.7 Å². The number of rotatable bonds is 10. The van der Waals surface area contributed by atoms with Crippen molar-refractivity contribution in [1.82, 2.24) is 5.32 Å². The van der Waals surface area contributed by atoms with E-state index in [0.29, 0.717) is 18.0 Å². The number of hydrogen-bond acceptors (Lipinski definition) is 5. The Morgan fingerprint density at radius 1 is 0.935 bits per heavy atom. The minimum absolute atomic E-state index is 0.158. The summed E-state index contributed by atoms with van der Waals surface area (Å²) in [5.74, 6) is -0.894. The molecule has 166 valence electrons. The predicted octanol–water partition coefficient (Wildman–Crippen LogP) is 3.34. The summed E-state index contributed by atoms with van der Waals surface area (Å²) in [6, 6.07) is 15.3. The van der Waals surface area contributed by atoms with Crippen molar-refractivity contribution in [1.29, 1.82) is 0 Å². The number of amides is 2. The SMILES string of the molecule is CCOc1ccc(NC(=O)[C@@H](C)OC(=O)[C@@H](NC(=O)Cc2ccccc2)C(C)C)cc1. The monoisotopic (exact) mass is 426 g/mol. The van der Waals surface area contributed by atoms with Crippen LogP contribution in [0.3, 0.4) is 0 Å². The molecular weight excluding hydrogens is 396 g/mol. The molecule has 2 atom stereocenters. The van der Waals surface area contributed by atoms with Crippen LogP contribution in [-0.4, -0.2) is 36.5 Å². The van der Waals surface area contributed by atoms with E-state index in [0.717, 1.165) is 5.56 Å². The third-order valence-electron chi connectivity index (χ3n) is 4.54. The molecule has 0 radical (unpaired) electrons. The number of hydrogen-bond donors (Lipinski definition) is 2. The summed E-state index contributed by atoms with van der Waals surface area (Å²) in [6.07, 6.45) is -0.864. The highest BCUT2D eigenvalue weighted by Crippen LogP contribution is 2.16. The van der Waals surface area contributed by atoms with Crippen LogP contribution in [0.2, 0.25) is 0 Å². The molecule has 0 spiro atoms. The van der Waals surface area contributed by atoms with Gasteiger partial charge in [0.15, 0.2) is 6.10 Å². The van der Waals surface area contributed by atoms with Crippen molar-refractivity contribution in [3.8, 4) is 5.75 Å². The second-order valence-electron chi connectivity index (χ2n) is 7.48. The van der Waals surface area contributed by atoms with Gasteiger partial charge in [0.05, 0.1) is 13.0 Å². The Bertz CT molecular complexity index is 865. The van der Waals surface area contributed by atoms with Crippen LogP contribution in [-0.2, 0) is 25.5 Å². The van der Waals surface area contributed by atoms with Crippen LogP contribution >= 0.6 is 0 Å². The molecule has 2 aromatic carbocycles. The average molecular weight is 427 g/mol. The standard InChI is InChI=1S/C24H30N2O5/c1-5-30-20-13-11-19(12-14-20)25-23(28)17(4)31-24(29)22(16(2)3)26-21(27)15-18-9-7-6-8-10-18/h6-14,16-17,22H,5,15H2,1-4H3,(H,25,28)(H,26,27)/t17-,22+/m1/s1. The lowest BCUT2D eigenvalue weighted by Crippen LogP contribution is -2.47. The second kappa shape index (κ2) is 11.7. The molecule has 0 aliphatic rings. The zero-order valence-corrected chi connectivity index (χ0v) is 18.4. The van der Waals surface area contributed by atoms with Gasteiger partial charge in [-0.1, -0.05) is 44.2 Å². The number of esters is 1. The van der Waals surface area contributed by atoms with Gasteiger partial charge in [-0.05, 0) is 49.6 Å². The molecule has 0 aliphatic heterocycles. The summed E-state index contributed by atoms with van der Waals surface area (Å²) in [5, 5.41) is 5.42. The summed E-state index contributed by atoms with van der Waals surface area (Å²) in [4.78, 5) is 37.4. The lowest BCUT2D eigenvalue weighted by Gasteiger charge is -2.23. The zero-order valence-electron chi connectivity index (χ0n) is 18.4. The van der Waals surface area contributed by atoms with Gasteiger partial charge in [0.2, 0.25) is 5.91 Å². The third-order valence-corrected chi connectivity index (χ3v) is 4.54. The maximum absolute atomic E-state index is 12.6. The van der Waals surface area contributed by atoms with Gasteiger partial charge in [0.1, 0.15) is 11.8 Å². The highest BCUT2D eigenvalue weighted by Gasteiger charge is 2.29. The maximum atomic E-state index is 12.6. The van der Waals surface area contributed by atoms with Crippen molar-refractivity contribution in [2.45, 2.75) is 46.3 Å². The number of nitrogens with one attached hydrogen (secondary N) is 2. The van der Waals surface area contributed by atoms with E-state index < -0.39 is 24.0 Å². The molecule has 7 heteroatoms. The lowest BCUT2D eigenvalue weighted by atomic mass is 10.0. The fourth-order valence-electron chi connectivity index (χ4n) is 2.85. The summed E-state index contributed by atoms with van der Waals surface area (Å²) < 4.78 is 10.7. The predicted molar refractivity (Wildman–Crippen MR) is 119 cm³/mol. The van der Waals surface area contributed by atoms with E-state index in [9.17, 15) is 14.4 Å². The van der Waals surface area contributed by atoms with Crippen LogP contribution in [0, 0.1) is 5.92 Å². The Labute approximate surface area is 183 Å². The Balaban J connectivity index is 1.91. The minimum atomic E-state index is -1.02. The molecule has 0 unspecified atom stereocenters. The number of carbonyl (C=O) groups is 3. The van der Waals surface area contributed by atoms with E-state index in [1.807, 2.05) is 37.3 Å². The van der Waals surface area contributed by atoms with Gasteiger partial charge in [-0.25, -0.2) is 4.79 Å². The van der Waals surface area contributed by atoms with Gasteiger partial charge < -0.3 is 20.1 Å². The number of benzene rings is 2. The third kappa shape index (κ3) is 7.77. The van der Waals surface area contributed by atoms with Crippen LogP contribution in [0.25, 0.3) is 0 Å². The average Bonchev–Trinajstić information content (AvgIpc) is 2.74. The largest absolute Gasteiger partial charge is 0.494 e. The smallest absolute Gasteiger partial charge is 0.329 e. The molecule has 31 heavy (non-hydrogen) atoms. The Hall–Kier alpha value is -3.35. The molecule has 0 bridgehead atoms. The first-order chi connectivity index (χ1) is 14.8. The molecule has 7 nitrogen and oxygen atoms in total. The van der Waals surface area contributed by atoms with E-state index in [1.54, 1.807) is 38.1 Å². The summed E-state index contributed by atoms with van der Waals surface area (Å²) >= 11 is 0.